The predicted molar refractivity (Wildman–Crippen MR) is 82.0 cm³/mol. The lowest BCUT2D eigenvalue weighted by atomic mass is 9.97. The molecule has 0 saturated carbocycles. The van der Waals surface area contributed by atoms with Crippen molar-refractivity contribution in [2.24, 2.45) is 11.8 Å². The minimum absolute atomic E-state index is 0.703. The Kier molecular flexibility index (Phi) is 6.87. The van der Waals surface area contributed by atoms with Crippen molar-refractivity contribution in [3.8, 4) is 0 Å². The van der Waals surface area contributed by atoms with E-state index >= 15 is 0 Å². The number of rotatable bonds is 7. The number of halogens is 1. The van der Waals surface area contributed by atoms with Crippen LogP contribution in [0.25, 0.3) is 0 Å². The van der Waals surface area contributed by atoms with Gasteiger partial charge in [-0.05, 0) is 37.4 Å². The molecule has 0 radical (unpaired) electrons. The second-order valence-corrected chi connectivity index (χ2v) is 5.90. The molecular formula is C15H25BrN2. The largest absolute Gasteiger partial charge is 0.297 e. The fraction of sp³-hybridized carbons (Fsp3) is 0.667. The van der Waals surface area contributed by atoms with Crippen LogP contribution >= 0.6 is 15.9 Å². The van der Waals surface area contributed by atoms with E-state index in [-0.39, 0.29) is 0 Å². The van der Waals surface area contributed by atoms with E-state index in [9.17, 15) is 0 Å². The van der Waals surface area contributed by atoms with Gasteiger partial charge >= 0.3 is 0 Å². The van der Waals surface area contributed by atoms with Crippen molar-refractivity contribution in [1.29, 1.82) is 0 Å². The maximum atomic E-state index is 4.59. The van der Waals surface area contributed by atoms with E-state index in [0.717, 1.165) is 30.7 Å². The summed E-state index contributed by atoms with van der Waals surface area (Å²) in [4.78, 5) is 7.07. The summed E-state index contributed by atoms with van der Waals surface area (Å²) in [5.41, 5.74) is 2.28. The van der Waals surface area contributed by atoms with E-state index in [1.807, 2.05) is 0 Å². The number of hydrogen-bond acceptors (Lipinski definition) is 2. The van der Waals surface area contributed by atoms with Gasteiger partial charge in [-0.2, -0.15) is 0 Å². The molecule has 0 aromatic carbocycles. The Morgan fingerprint density at radius 3 is 2.56 bits per heavy atom. The molecule has 1 aromatic heterocycles. The first-order chi connectivity index (χ1) is 8.56. The van der Waals surface area contributed by atoms with Crippen LogP contribution in [0.15, 0.2) is 18.2 Å². The molecule has 0 aliphatic heterocycles. The Bertz CT molecular complexity index is 352. The van der Waals surface area contributed by atoms with Crippen molar-refractivity contribution in [1.82, 2.24) is 9.88 Å². The normalized spacial score (nSPS) is 13.3. The van der Waals surface area contributed by atoms with Crippen molar-refractivity contribution in [2.45, 2.75) is 34.2 Å². The molecule has 0 saturated heterocycles. The van der Waals surface area contributed by atoms with E-state index in [4.69, 9.17) is 0 Å². The summed E-state index contributed by atoms with van der Waals surface area (Å²) < 4.78 is 0. The van der Waals surface area contributed by atoms with Gasteiger partial charge in [0.2, 0.25) is 0 Å². The molecule has 1 aromatic rings. The van der Waals surface area contributed by atoms with Crippen LogP contribution in [0.5, 0.6) is 0 Å². The van der Waals surface area contributed by atoms with Gasteiger partial charge in [0.1, 0.15) is 0 Å². The summed E-state index contributed by atoms with van der Waals surface area (Å²) in [6, 6.07) is 6.26. The summed E-state index contributed by atoms with van der Waals surface area (Å²) in [5, 5.41) is 1.07. The second-order valence-electron chi connectivity index (χ2n) is 5.26. The molecule has 3 heteroatoms. The van der Waals surface area contributed by atoms with Gasteiger partial charge in [0.05, 0.1) is 5.69 Å². The van der Waals surface area contributed by atoms with E-state index < -0.39 is 0 Å². The van der Waals surface area contributed by atoms with Crippen molar-refractivity contribution in [3.63, 3.8) is 0 Å². The van der Waals surface area contributed by atoms with Gasteiger partial charge < -0.3 is 0 Å². The molecule has 0 aliphatic rings. The van der Waals surface area contributed by atoms with E-state index in [0.29, 0.717) is 11.8 Å². The van der Waals surface area contributed by atoms with Crippen LogP contribution in [0.3, 0.4) is 0 Å². The van der Waals surface area contributed by atoms with Crippen LogP contribution in [-0.4, -0.2) is 28.3 Å². The third-order valence-electron chi connectivity index (χ3n) is 3.41. The first-order valence-corrected chi connectivity index (χ1v) is 7.89. The zero-order chi connectivity index (χ0) is 13.5. The Morgan fingerprint density at radius 1 is 1.33 bits per heavy atom. The van der Waals surface area contributed by atoms with Gasteiger partial charge in [0, 0.05) is 24.1 Å². The molecule has 0 amide bonds. The zero-order valence-electron chi connectivity index (χ0n) is 12.0. The van der Waals surface area contributed by atoms with Crippen LogP contribution in [-0.2, 0) is 6.54 Å². The highest BCUT2D eigenvalue weighted by atomic mass is 79.9. The number of nitrogens with zero attached hydrogens (tertiary/aromatic N) is 2. The molecule has 0 bridgehead atoms. The molecule has 0 N–H and O–H groups in total. The maximum absolute atomic E-state index is 4.59. The molecule has 2 nitrogen and oxygen atoms in total. The third-order valence-corrected chi connectivity index (χ3v) is 4.24. The van der Waals surface area contributed by atoms with Gasteiger partial charge in [-0.25, -0.2) is 0 Å². The number of pyridine rings is 1. The molecule has 1 heterocycles. The number of aromatic nitrogens is 1. The number of hydrogen-bond donors (Lipinski definition) is 0. The number of alkyl halides is 1. The van der Waals surface area contributed by atoms with Gasteiger partial charge in [0.15, 0.2) is 0 Å². The molecule has 0 fully saturated rings. The third kappa shape index (κ3) is 5.07. The highest BCUT2D eigenvalue weighted by molar-refractivity contribution is 9.09. The Morgan fingerprint density at radius 2 is 2.06 bits per heavy atom. The van der Waals surface area contributed by atoms with Gasteiger partial charge in [-0.1, -0.05) is 42.8 Å². The number of aryl methyl sites for hydroxylation is 1. The minimum Gasteiger partial charge on any atom is -0.297 e. The Hall–Kier alpha value is -0.410. The topological polar surface area (TPSA) is 16.1 Å². The minimum atomic E-state index is 0.703. The first-order valence-electron chi connectivity index (χ1n) is 6.77. The SMILES string of the molecule is CCN(Cc1cccc(C)n1)CC(CBr)C(C)C. The smallest absolute Gasteiger partial charge is 0.0547 e. The summed E-state index contributed by atoms with van der Waals surface area (Å²) in [5.74, 6) is 1.42. The maximum Gasteiger partial charge on any atom is 0.0547 e. The van der Waals surface area contributed by atoms with Gasteiger partial charge in [-0.15, -0.1) is 0 Å². The van der Waals surface area contributed by atoms with Crippen LogP contribution in [0.1, 0.15) is 32.2 Å². The quantitative estimate of drug-likeness (QED) is 0.710. The molecule has 18 heavy (non-hydrogen) atoms. The standard InChI is InChI=1S/C15H25BrN2/c1-5-18(10-14(9-16)12(2)3)11-15-8-6-7-13(4)17-15/h6-8,12,14H,5,9-11H2,1-4H3. The van der Waals surface area contributed by atoms with Crippen molar-refractivity contribution in [3.05, 3.63) is 29.6 Å². The van der Waals surface area contributed by atoms with Crippen LogP contribution < -0.4 is 0 Å². The lowest BCUT2D eigenvalue weighted by molar-refractivity contribution is 0.214. The van der Waals surface area contributed by atoms with E-state index in [1.165, 1.54) is 5.69 Å². The Labute approximate surface area is 120 Å². The fourth-order valence-electron chi connectivity index (χ4n) is 1.99. The fourth-order valence-corrected chi connectivity index (χ4v) is 2.94. The summed E-state index contributed by atoms with van der Waals surface area (Å²) in [7, 11) is 0. The average molecular weight is 313 g/mol. The molecule has 102 valence electrons. The van der Waals surface area contributed by atoms with Crippen molar-refractivity contribution < 1.29 is 0 Å². The Balaban J connectivity index is 2.61. The lowest BCUT2D eigenvalue weighted by Crippen LogP contribution is -2.32. The van der Waals surface area contributed by atoms with E-state index in [2.05, 4.69) is 71.7 Å². The highest BCUT2D eigenvalue weighted by Crippen LogP contribution is 2.16. The monoisotopic (exact) mass is 312 g/mol. The first kappa shape index (κ1) is 15.6. The van der Waals surface area contributed by atoms with Gasteiger partial charge in [0.25, 0.3) is 0 Å². The lowest BCUT2D eigenvalue weighted by Gasteiger charge is -2.27. The molecule has 1 unspecified atom stereocenters. The van der Waals surface area contributed by atoms with Crippen LogP contribution in [0, 0.1) is 18.8 Å². The summed E-state index contributed by atoms with van der Waals surface area (Å²) in [6.45, 7) is 12.0. The summed E-state index contributed by atoms with van der Waals surface area (Å²) in [6.07, 6.45) is 0. The zero-order valence-corrected chi connectivity index (χ0v) is 13.6. The molecular weight excluding hydrogens is 288 g/mol. The van der Waals surface area contributed by atoms with E-state index in [1.54, 1.807) is 0 Å². The molecule has 0 spiro atoms. The van der Waals surface area contributed by atoms with Gasteiger partial charge in [-0.3, -0.25) is 9.88 Å². The van der Waals surface area contributed by atoms with Crippen LogP contribution in [0.2, 0.25) is 0 Å². The summed E-state index contributed by atoms with van der Waals surface area (Å²) >= 11 is 3.63. The average Bonchev–Trinajstić information content (AvgIpc) is 2.34. The second kappa shape index (κ2) is 7.90. The highest BCUT2D eigenvalue weighted by Gasteiger charge is 2.16. The van der Waals surface area contributed by atoms with Crippen molar-refractivity contribution in [2.75, 3.05) is 18.4 Å². The van der Waals surface area contributed by atoms with Crippen molar-refractivity contribution >= 4 is 15.9 Å². The molecule has 1 atom stereocenters. The molecule has 0 aliphatic carbocycles. The van der Waals surface area contributed by atoms with Crippen LogP contribution in [0.4, 0.5) is 0 Å². The predicted octanol–water partition coefficient (Wildman–Crippen LogP) is 3.88. The molecule has 1 rings (SSSR count).